The summed E-state index contributed by atoms with van der Waals surface area (Å²) in [4.78, 5) is 23.2. The van der Waals surface area contributed by atoms with Gasteiger partial charge in [-0.3, -0.25) is 9.13 Å². The maximum Gasteiger partial charge on any atom is 0.312 e. The lowest BCUT2D eigenvalue weighted by atomic mass is 10.1. The van der Waals surface area contributed by atoms with Crippen LogP contribution >= 0.6 is 0 Å². The quantitative estimate of drug-likeness (QED) is 0.125. The molecule has 41 heavy (non-hydrogen) atoms. The number of hydrogen-bond donors (Lipinski definition) is 7. The number of rotatable bonds is 4. The minimum Gasteiger partial charge on any atom is -0.391 e. The summed E-state index contributed by atoms with van der Waals surface area (Å²) in [5.74, 6) is -0.142. The van der Waals surface area contributed by atoms with E-state index in [1.165, 1.54) is 37.4 Å². The fourth-order valence-corrected chi connectivity index (χ4v) is 4.88. The zero-order valence-corrected chi connectivity index (χ0v) is 22.0. The number of nitrogens with two attached hydrogens (primary N) is 1. The summed E-state index contributed by atoms with van der Waals surface area (Å²) in [6, 6.07) is 0. The van der Waals surface area contributed by atoms with E-state index < -0.39 is 67.4 Å². The van der Waals surface area contributed by atoms with E-state index in [1.54, 1.807) is 11.5 Å². The largest absolute Gasteiger partial charge is 0.391 e. The molecule has 10 atom stereocenters. The lowest BCUT2D eigenvalue weighted by molar-refractivity contribution is -0.0777. The molecule has 2 fully saturated rings. The minimum absolute atomic E-state index is 0.0301. The Bertz CT molecular complexity index is 1530. The van der Waals surface area contributed by atoms with Gasteiger partial charge in [-0.15, -0.1) is 0 Å². The Balaban J connectivity index is 0.000000165. The third-order valence-electron chi connectivity index (χ3n) is 7.01. The van der Waals surface area contributed by atoms with Crippen molar-refractivity contribution in [2.45, 2.75) is 82.1 Å². The first-order chi connectivity index (χ1) is 19.4. The first-order valence-corrected chi connectivity index (χ1v) is 12.6. The number of fused-ring (bicyclic) bond motifs is 2. The summed E-state index contributed by atoms with van der Waals surface area (Å²) in [6.07, 6.45) is -7.50. The second-order valence-corrected chi connectivity index (χ2v) is 9.91. The normalized spacial score (nSPS) is 31.4. The van der Waals surface area contributed by atoms with Crippen molar-refractivity contribution in [2.75, 3.05) is 5.73 Å². The molecule has 18 heteroatoms. The van der Waals surface area contributed by atoms with Gasteiger partial charge in [-0.1, -0.05) is 0 Å². The number of nitrogen functional groups attached to an aromatic ring is 1. The molecule has 0 amide bonds. The number of aryl methyl sites for hydroxylation is 1. The van der Waals surface area contributed by atoms with Crippen molar-refractivity contribution in [3.63, 3.8) is 0 Å². The van der Waals surface area contributed by atoms with Gasteiger partial charge >= 0.3 is 6.08 Å². The highest BCUT2D eigenvalue weighted by Gasteiger charge is 2.47. The molecule has 6 rings (SSSR count). The maximum absolute atomic E-state index is 13.3. The van der Waals surface area contributed by atoms with Gasteiger partial charge in [0.2, 0.25) is 0 Å². The van der Waals surface area contributed by atoms with Crippen molar-refractivity contribution in [2.24, 2.45) is 0 Å². The molecule has 2 saturated heterocycles. The number of ether oxygens (including phenoxy) is 2. The van der Waals surface area contributed by atoms with E-state index in [4.69, 9.17) is 15.2 Å². The van der Waals surface area contributed by atoms with Gasteiger partial charge in [-0.05, 0) is 20.8 Å². The number of anilines is 1. The summed E-state index contributed by atoms with van der Waals surface area (Å²) in [7, 11) is 0. The van der Waals surface area contributed by atoms with Gasteiger partial charge in [0.15, 0.2) is 35.1 Å². The summed E-state index contributed by atoms with van der Waals surface area (Å²) in [5, 5.41) is 59.0. The zero-order valence-electron chi connectivity index (χ0n) is 22.0. The molecule has 0 spiro atoms. The molecule has 8 N–H and O–H groups in total. The number of nitrogens with zero attached hydrogens (tertiary/aromatic N) is 8. The first kappa shape index (κ1) is 29.0. The molecule has 222 valence electrons. The Morgan fingerprint density at radius 2 is 1.29 bits per heavy atom. The predicted molar refractivity (Wildman–Crippen MR) is 135 cm³/mol. The topological polar surface area (TPSA) is 253 Å². The maximum atomic E-state index is 13.3. The molecule has 0 aliphatic carbocycles. The van der Waals surface area contributed by atoms with Gasteiger partial charge < -0.3 is 45.8 Å². The molecule has 4 aromatic rings. The fraction of sp³-hybridized carbons (Fsp3) is 0.565. The van der Waals surface area contributed by atoms with Crippen LogP contribution in [0.15, 0.2) is 19.0 Å². The first-order valence-electron chi connectivity index (χ1n) is 12.6. The average Bonchev–Trinajstić information content (AvgIpc) is 3.66. The van der Waals surface area contributed by atoms with Crippen molar-refractivity contribution in [1.29, 1.82) is 0 Å². The number of hydrogen-bond acceptors (Lipinski definition) is 15. The average molecular weight is 580 g/mol. The van der Waals surface area contributed by atoms with Gasteiger partial charge in [0, 0.05) is 0 Å². The molecule has 0 aromatic carbocycles. The van der Waals surface area contributed by atoms with Crippen molar-refractivity contribution in [3.05, 3.63) is 30.8 Å². The van der Waals surface area contributed by atoms with Crippen LogP contribution in [0.4, 0.5) is 10.2 Å². The highest BCUT2D eigenvalue weighted by atomic mass is 19.1. The Kier molecular flexibility index (Phi) is 7.83. The molecular formula is C23H30FN9O8. The van der Waals surface area contributed by atoms with E-state index in [9.17, 15) is 35.0 Å². The van der Waals surface area contributed by atoms with Crippen molar-refractivity contribution < 1.29 is 44.5 Å². The third-order valence-corrected chi connectivity index (χ3v) is 7.01. The van der Waals surface area contributed by atoms with Crippen LogP contribution in [0.1, 0.15) is 32.0 Å². The van der Waals surface area contributed by atoms with Gasteiger partial charge in [0.25, 0.3) is 0 Å². The van der Waals surface area contributed by atoms with Crippen molar-refractivity contribution in [1.82, 2.24) is 39.0 Å². The molecule has 0 unspecified atom stereocenters. The fourth-order valence-electron chi connectivity index (χ4n) is 4.88. The number of aliphatic hydroxyl groups excluding tert-OH is 6. The number of halogens is 1. The molecule has 0 bridgehead atoms. The van der Waals surface area contributed by atoms with Crippen LogP contribution in [0.2, 0.25) is 0 Å². The third kappa shape index (κ3) is 5.08. The summed E-state index contributed by atoms with van der Waals surface area (Å²) in [6.45, 7) is 4.73. The van der Waals surface area contributed by atoms with Crippen LogP contribution in [-0.2, 0) is 9.47 Å². The van der Waals surface area contributed by atoms with Crippen LogP contribution < -0.4 is 5.73 Å². The van der Waals surface area contributed by atoms with E-state index in [0.717, 1.165) is 0 Å². The summed E-state index contributed by atoms with van der Waals surface area (Å²) >= 11 is 0. The zero-order chi connectivity index (χ0) is 29.7. The van der Waals surface area contributed by atoms with E-state index in [0.29, 0.717) is 16.9 Å². The molecule has 2 aliphatic rings. The smallest absolute Gasteiger partial charge is 0.312 e. The Hall–Kier alpha value is -3.49. The lowest BCUT2D eigenvalue weighted by Crippen LogP contribution is -2.37. The van der Waals surface area contributed by atoms with Crippen LogP contribution in [0.3, 0.4) is 0 Å². The Morgan fingerprint density at radius 1 is 0.780 bits per heavy atom. The number of aliphatic hydroxyl groups is 6. The van der Waals surface area contributed by atoms with E-state index in [1.807, 2.05) is 0 Å². The SMILES string of the molecule is C[C@H](O)[C@H]1O[C@@H](n2cnc3c(N)nc(F)nc32)[C@H](O)[C@@H]1O.Cc1ncnc2c1ncn2[C@@H]1O[C@H]([C@H](C)O)[C@@H](O)[C@H]1O. The van der Waals surface area contributed by atoms with Crippen LogP contribution in [0, 0.1) is 13.0 Å². The molecular weight excluding hydrogens is 549 g/mol. The van der Waals surface area contributed by atoms with Gasteiger partial charge in [-0.25, -0.2) is 19.9 Å². The molecule has 0 saturated carbocycles. The summed E-state index contributed by atoms with van der Waals surface area (Å²) in [5.41, 5.74) is 7.57. The highest BCUT2D eigenvalue weighted by Crippen LogP contribution is 2.34. The number of imidazole rings is 2. The minimum atomic E-state index is -1.33. The molecule has 2 aliphatic heterocycles. The van der Waals surface area contributed by atoms with Crippen molar-refractivity contribution >= 4 is 28.1 Å². The van der Waals surface area contributed by atoms with Gasteiger partial charge in [0.1, 0.15) is 48.5 Å². The molecule has 17 nitrogen and oxygen atoms in total. The monoisotopic (exact) mass is 579 g/mol. The van der Waals surface area contributed by atoms with E-state index in [2.05, 4.69) is 29.9 Å². The standard InChI is InChI=1S/C12H16N4O4.C11H14FN5O4/c1-5-7-11(14-3-13-5)16(4-15-7)12-9(19)8(18)10(20-12)6(2)17;1-3(18)7-5(19)6(20)10(21-7)17-2-14-4-8(13)15-11(12)16-9(4)17/h3-4,6,8-10,12,17-19H,1-2H3;2-3,5-7,10,18-20H,1H3,(H2,13,15,16)/t6-,8-,9+,10+,12+;3-,5-,6+,7+,10+/m00/s1. The van der Waals surface area contributed by atoms with Crippen LogP contribution in [0.25, 0.3) is 22.3 Å². The predicted octanol–water partition coefficient (Wildman–Crippen LogP) is -2.32. The van der Waals surface area contributed by atoms with Crippen LogP contribution in [0.5, 0.6) is 0 Å². The van der Waals surface area contributed by atoms with Crippen LogP contribution in [-0.4, -0.2) is 119 Å². The molecule has 4 aromatic heterocycles. The number of aromatic nitrogens is 8. The Labute approximate surface area is 230 Å². The van der Waals surface area contributed by atoms with E-state index in [-0.39, 0.29) is 17.0 Å². The molecule has 6 heterocycles. The van der Waals surface area contributed by atoms with Gasteiger partial charge in [0.05, 0.1) is 30.6 Å². The Morgan fingerprint density at radius 3 is 1.80 bits per heavy atom. The second-order valence-electron chi connectivity index (χ2n) is 9.91. The highest BCUT2D eigenvalue weighted by molar-refractivity contribution is 5.81. The lowest BCUT2D eigenvalue weighted by Gasteiger charge is -2.17. The van der Waals surface area contributed by atoms with Crippen molar-refractivity contribution in [3.8, 4) is 0 Å². The second kappa shape index (κ2) is 11.1. The molecule has 0 radical (unpaired) electrons. The van der Waals surface area contributed by atoms with E-state index >= 15 is 0 Å². The van der Waals surface area contributed by atoms with Gasteiger partial charge in [-0.2, -0.15) is 14.4 Å². The summed E-state index contributed by atoms with van der Waals surface area (Å²) < 4.78 is 27.1.